The van der Waals surface area contributed by atoms with Gasteiger partial charge in [0.25, 0.3) is 0 Å². The lowest BCUT2D eigenvalue weighted by Gasteiger charge is -2.16. The molecule has 1 unspecified atom stereocenters. The van der Waals surface area contributed by atoms with Gasteiger partial charge >= 0.3 is 0 Å². The Bertz CT molecular complexity index is 570. The minimum Gasteiger partial charge on any atom is -0.378 e. The molecule has 0 saturated carbocycles. The van der Waals surface area contributed by atoms with Crippen LogP contribution < -0.4 is 5.32 Å². The molecule has 1 aromatic heterocycles. The zero-order valence-corrected chi connectivity index (χ0v) is 13.1. The molecular weight excluding hydrogens is 337 g/mol. The van der Waals surface area contributed by atoms with Gasteiger partial charge in [-0.05, 0) is 64.5 Å². The quantitative estimate of drug-likeness (QED) is 0.741. The molecule has 1 aromatic carbocycles. The number of thiophene rings is 1. The van der Waals surface area contributed by atoms with E-state index in [4.69, 9.17) is 11.6 Å². The highest BCUT2D eigenvalue weighted by molar-refractivity contribution is 9.10. The van der Waals surface area contributed by atoms with E-state index in [0.717, 1.165) is 21.2 Å². The second-order valence-corrected chi connectivity index (χ2v) is 6.53. The summed E-state index contributed by atoms with van der Waals surface area (Å²) in [4.78, 5) is 0. The summed E-state index contributed by atoms with van der Waals surface area (Å²) in [5.74, 6) is -0.265. The van der Waals surface area contributed by atoms with Gasteiger partial charge in [-0.1, -0.05) is 11.6 Å². The van der Waals surface area contributed by atoms with Crippen LogP contribution in [0.1, 0.15) is 24.1 Å². The number of anilines is 1. The van der Waals surface area contributed by atoms with Gasteiger partial charge in [-0.3, -0.25) is 0 Å². The summed E-state index contributed by atoms with van der Waals surface area (Å²) >= 11 is 10.6. The first kappa shape index (κ1) is 13.8. The maximum absolute atomic E-state index is 13.5. The van der Waals surface area contributed by atoms with Crippen molar-refractivity contribution < 1.29 is 4.39 Å². The number of hydrogen-bond acceptors (Lipinski definition) is 2. The molecule has 1 heterocycles. The lowest BCUT2D eigenvalue weighted by atomic mass is 10.1. The molecule has 0 bridgehead atoms. The normalized spacial score (nSPS) is 12.5. The second-order valence-electron chi connectivity index (χ2n) is 4.13. The molecule has 1 N–H and O–H groups in total. The molecule has 0 amide bonds. The molecule has 0 fully saturated rings. The zero-order chi connectivity index (χ0) is 13.3. The van der Waals surface area contributed by atoms with Crippen LogP contribution in [0.5, 0.6) is 0 Å². The number of hydrogen-bond donors (Lipinski definition) is 1. The van der Waals surface area contributed by atoms with Crippen LogP contribution >= 0.6 is 38.9 Å². The van der Waals surface area contributed by atoms with Crippen LogP contribution in [0.3, 0.4) is 0 Å². The Balaban J connectivity index is 2.21. The van der Waals surface area contributed by atoms with Gasteiger partial charge in [0.2, 0.25) is 0 Å². The SMILES string of the molecule is Cc1cc(Br)c(F)cc1NC(C)c1csc(Cl)c1. The van der Waals surface area contributed by atoms with Crippen molar-refractivity contribution in [3.05, 3.63) is 49.3 Å². The van der Waals surface area contributed by atoms with Crippen LogP contribution in [0.2, 0.25) is 4.34 Å². The molecular formula is C13H12BrClFNS. The van der Waals surface area contributed by atoms with Crippen LogP contribution in [0.15, 0.2) is 28.1 Å². The fourth-order valence-corrected chi connectivity index (χ4v) is 3.11. The maximum Gasteiger partial charge on any atom is 0.139 e. The van der Waals surface area contributed by atoms with Crippen LogP contribution in [-0.4, -0.2) is 0 Å². The van der Waals surface area contributed by atoms with Crippen molar-refractivity contribution in [3.63, 3.8) is 0 Å². The monoisotopic (exact) mass is 347 g/mol. The van der Waals surface area contributed by atoms with Crippen molar-refractivity contribution in [2.45, 2.75) is 19.9 Å². The van der Waals surface area contributed by atoms with Gasteiger partial charge in [-0.25, -0.2) is 4.39 Å². The average Bonchev–Trinajstić information content (AvgIpc) is 2.73. The molecule has 0 aliphatic rings. The van der Waals surface area contributed by atoms with E-state index in [1.54, 1.807) is 6.07 Å². The van der Waals surface area contributed by atoms with E-state index in [1.165, 1.54) is 17.4 Å². The van der Waals surface area contributed by atoms with Crippen molar-refractivity contribution in [3.8, 4) is 0 Å². The second kappa shape index (κ2) is 5.59. The maximum atomic E-state index is 13.5. The molecule has 96 valence electrons. The Kier molecular flexibility index (Phi) is 4.30. The summed E-state index contributed by atoms with van der Waals surface area (Å²) in [6, 6.07) is 5.29. The molecule has 2 aromatic rings. The summed E-state index contributed by atoms with van der Waals surface area (Å²) in [6.07, 6.45) is 0. The summed E-state index contributed by atoms with van der Waals surface area (Å²) < 4.78 is 14.8. The molecule has 0 aliphatic carbocycles. The van der Waals surface area contributed by atoms with Crippen molar-refractivity contribution in [2.24, 2.45) is 0 Å². The van der Waals surface area contributed by atoms with E-state index in [0.29, 0.717) is 4.47 Å². The third-order valence-electron chi connectivity index (χ3n) is 2.73. The van der Waals surface area contributed by atoms with E-state index in [2.05, 4.69) is 21.2 Å². The molecule has 0 saturated heterocycles. The Labute approximate surface area is 123 Å². The van der Waals surface area contributed by atoms with Gasteiger partial charge in [-0.2, -0.15) is 0 Å². The first-order valence-corrected chi connectivity index (χ1v) is 7.48. The van der Waals surface area contributed by atoms with Crippen molar-refractivity contribution in [2.75, 3.05) is 5.32 Å². The molecule has 1 nitrogen and oxygen atoms in total. The van der Waals surface area contributed by atoms with Crippen LogP contribution in [0.4, 0.5) is 10.1 Å². The first-order chi connectivity index (χ1) is 8.47. The lowest BCUT2D eigenvalue weighted by Crippen LogP contribution is -2.07. The highest BCUT2D eigenvalue weighted by Gasteiger charge is 2.11. The molecule has 18 heavy (non-hydrogen) atoms. The van der Waals surface area contributed by atoms with Crippen LogP contribution in [-0.2, 0) is 0 Å². The highest BCUT2D eigenvalue weighted by Crippen LogP contribution is 2.30. The largest absolute Gasteiger partial charge is 0.378 e. The van der Waals surface area contributed by atoms with Crippen molar-refractivity contribution >= 4 is 44.6 Å². The fraction of sp³-hybridized carbons (Fsp3) is 0.231. The van der Waals surface area contributed by atoms with Gasteiger partial charge in [0.1, 0.15) is 5.82 Å². The van der Waals surface area contributed by atoms with Crippen LogP contribution in [0, 0.1) is 12.7 Å². The lowest BCUT2D eigenvalue weighted by molar-refractivity contribution is 0.620. The number of rotatable bonds is 3. The van der Waals surface area contributed by atoms with E-state index < -0.39 is 0 Å². The highest BCUT2D eigenvalue weighted by atomic mass is 79.9. The summed E-state index contributed by atoms with van der Waals surface area (Å²) in [5, 5.41) is 5.30. The van der Waals surface area contributed by atoms with E-state index in [9.17, 15) is 4.39 Å². The standard InChI is InChI=1S/C13H12BrClFNS/c1-7-3-10(14)11(16)5-12(7)17-8(2)9-4-13(15)18-6-9/h3-6,8,17H,1-2H3. The molecule has 0 aliphatic heterocycles. The van der Waals surface area contributed by atoms with Crippen LogP contribution in [0.25, 0.3) is 0 Å². The Morgan fingerprint density at radius 3 is 2.72 bits per heavy atom. The molecule has 1 atom stereocenters. The predicted molar refractivity (Wildman–Crippen MR) is 80.2 cm³/mol. The number of aryl methyl sites for hydroxylation is 1. The molecule has 0 radical (unpaired) electrons. The molecule has 0 spiro atoms. The Hall–Kier alpha value is -0.580. The van der Waals surface area contributed by atoms with E-state index in [-0.39, 0.29) is 11.9 Å². The topological polar surface area (TPSA) is 12.0 Å². The smallest absolute Gasteiger partial charge is 0.139 e. The third-order valence-corrected chi connectivity index (χ3v) is 4.44. The number of halogens is 3. The summed E-state index contributed by atoms with van der Waals surface area (Å²) in [6.45, 7) is 3.97. The van der Waals surface area contributed by atoms with Crippen molar-refractivity contribution in [1.82, 2.24) is 0 Å². The first-order valence-electron chi connectivity index (χ1n) is 5.43. The molecule has 2 rings (SSSR count). The van der Waals surface area contributed by atoms with Gasteiger partial charge in [-0.15, -0.1) is 11.3 Å². The Morgan fingerprint density at radius 2 is 2.11 bits per heavy atom. The zero-order valence-electron chi connectivity index (χ0n) is 9.93. The average molecular weight is 349 g/mol. The van der Waals surface area contributed by atoms with Gasteiger partial charge in [0.05, 0.1) is 8.81 Å². The Morgan fingerprint density at radius 1 is 1.39 bits per heavy atom. The predicted octanol–water partition coefficient (Wildman–Crippen LogP) is 5.78. The third kappa shape index (κ3) is 3.05. The fourth-order valence-electron chi connectivity index (χ4n) is 1.67. The number of nitrogens with one attached hydrogen (secondary N) is 1. The van der Waals surface area contributed by atoms with E-state index in [1.807, 2.05) is 25.3 Å². The minimum absolute atomic E-state index is 0.0908. The van der Waals surface area contributed by atoms with Gasteiger partial charge in [0.15, 0.2) is 0 Å². The number of benzene rings is 1. The van der Waals surface area contributed by atoms with Crippen molar-refractivity contribution in [1.29, 1.82) is 0 Å². The van der Waals surface area contributed by atoms with Gasteiger partial charge < -0.3 is 5.32 Å². The summed E-state index contributed by atoms with van der Waals surface area (Å²) in [7, 11) is 0. The molecule has 5 heteroatoms. The van der Waals surface area contributed by atoms with Gasteiger partial charge in [0, 0.05) is 11.7 Å². The summed E-state index contributed by atoms with van der Waals surface area (Å²) in [5.41, 5.74) is 2.90. The van der Waals surface area contributed by atoms with E-state index >= 15 is 0 Å². The minimum atomic E-state index is -0.265.